The van der Waals surface area contributed by atoms with E-state index in [2.05, 4.69) is 0 Å². The summed E-state index contributed by atoms with van der Waals surface area (Å²) in [4.78, 5) is 10.3. The van der Waals surface area contributed by atoms with Crippen molar-refractivity contribution in [3.8, 4) is 0 Å². The summed E-state index contributed by atoms with van der Waals surface area (Å²) in [6.45, 7) is 0. The van der Waals surface area contributed by atoms with E-state index in [1.54, 1.807) is 0 Å². The summed E-state index contributed by atoms with van der Waals surface area (Å²) in [5.74, 6) is -0.128. The SMILES string of the molecule is NC(=O)[C@H]1C[C@@H](N)C1. The first-order valence-electron chi connectivity index (χ1n) is 2.75. The molecule has 1 amide bonds. The Balaban J connectivity index is 2.25. The molecule has 0 aromatic heterocycles. The quantitative estimate of drug-likeness (QED) is 0.469. The second-order valence-corrected chi connectivity index (χ2v) is 2.33. The molecular weight excluding hydrogens is 104 g/mol. The van der Waals surface area contributed by atoms with Gasteiger partial charge in [-0.2, -0.15) is 0 Å². The Morgan fingerprint density at radius 3 is 2.12 bits per heavy atom. The van der Waals surface area contributed by atoms with E-state index < -0.39 is 0 Å². The molecule has 4 N–H and O–H groups in total. The third kappa shape index (κ3) is 0.816. The van der Waals surface area contributed by atoms with Crippen molar-refractivity contribution in [2.24, 2.45) is 17.4 Å². The van der Waals surface area contributed by atoms with E-state index in [1.165, 1.54) is 0 Å². The van der Waals surface area contributed by atoms with Crippen molar-refractivity contribution in [3.05, 3.63) is 0 Å². The van der Waals surface area contributed by atoms with Crippen LogP contribution in [-0.2, 0) is 4.79 Å². The lowest BCUT2D eigenvalue weighted by Gasteiger charge is -2.29. The molecule has 3 heteroatoms. The monoisotopic (exact) mass is 114 g/mol. The minimum atomic E-state index is -0.202. The third-order valence-corrected chi connectivity index (χ3v) is 1.58. The first kappa shape index (κ1) is 5.56. The van der Waals surface area contributed by atoms with Crippen LogP contribution in [0.2, 0.25) is 0 Å². The zero-order chi connectivity index (χ0) is 6.15. The van der Waals surface area contributed by atoms with Gasteiger partial charge in [0.1, 0.15) is 0 Å². The predicted octanol–water partition coefficient (Wildman–Crippen LogP) is -0.791. The Morgan fingerprint density at radius 2 is 2.00 bits per heavy atom. The minimum Gasteiger partial charge on any atom is -0.369 e. The molecule has 0 bridgehead atoms. The lowest BCUT2D eigenvalue weighted by Crippen LogP contribution is -2.42. The fraction of sp³-hybridized carbons (Fsp3) is 0.800. The Kier molecular flexibility index (Phi) is 1.21. The van der Waals surface area contributed by atoms with Crippen LogP contribution in [-0.4, -0.2) is 11.9 Å². The van der Waals surface area contributed by atoms with Gasteiger partial charge in [-0.05, 0) is 12.8 Å². The molecule has 46 valence electrons. The molecule has 0 aromatic carbocycles. The zero-order valence-corrected chi connectivity index (χ0v) is 4.63. The summed E-state index contributed by atoms with van der Waals surface area (Å²) >= 11 is 0. The standard InChI is InChI=1S/C5H10N2O/c6-4-1-3(2-4)5(7)8/h3-4H,1-2,6H2,(H2,7,8)/t3-,4+. The second kappa shape index (κ2) is 1.74. The van der Waals surface area contributed by atoms with Gasteiger partial charge in [0.2, 0.25) is 5.91 Å². The van der Waals surface area contributed by atoms with Gasteiger partial charge < -0.3 is 11.5 Å². The summed E-state index contributed by atoms with van der Waals surface area (Å²) < 4.78 is 0. The number of carbonyl (C=O) groups is 1. The van der Waals surface area contributed by atoms with Crippen LogP contribution in [0.4, 0.5) is 0 Å². The van der Waals surface area contributed by atoms with Crippen LogP contribution in [0, 0.1) is 5.92 Å². The number of hydrogen-bond donors (Lipinski definition) is 2. The molecule has 0 atom stereocenters. The van der Waals surface area contributed by atoms with Crippen LogP contribution in [0.5, 0.6) is 0 Å². The van der Waals surface area contributed by atoms with E-state index >= 15 is 0 Å². The van der Waals surface area contributed by atoms with Crippen molar-refractivity contribution in [1.29, 1.82) is 0 Å². The van der Waals surface area contributed by atoms with Gasteiger partial charge in [-0.25, -0.2) is 0 Å². The Morgan fingerprint density at radius 1 is 1.50 bits per heavy atom. The zero-order valence-electron chi connectivity index (χ0n) is 4.63. The average Bonchev–Trinajstić information content (AvgIpc) is 1.57. The van der Waals surface area contributed by atoms with Crippen molar-refractivity contribution in [2.75, 3.05) is 0 Å². The van der Waals surface area contributed by atoms with Gasteiger partial charge in [0.25, 0.3) is 0 Å². The van der Waals surface area contributed by atoms with Gasteiger partial charge >= 0.3 is 0 Å². The summed E-state index contributed by atoms with van der Waals surface area (Å²) in [5.41, 5.74) is 10.4. The van der Waals surface area contributed by atoms with Crippen molar-refractivity contribution in [3.63, 3.8) is 0 Å². The highest BCUT2D eigenvalue weighted by atomic mass is 16.1. The molecule has 8 heavy (non-hydrogen) atoms. The maximum atomic E-state index is 10.3. The van der Waals surface area contributed by atoms with Crippen molar-refractivity contribution < 1.29 is 4.79 Å². The van der Waals surface area contributed by atoms with E-state index in [4.69, 9.17) is 11.5 Å². The number of hydrogen-bond acceptors (Lipinski definition) is 2. The van der Waals surface area contributed by atoms with E-state index in [9.17, 15) is 4.79 Å². The molecule has 0 saturated heterocycles. The number of nitrogens with two attached hydrogens (primary N) is 2. The van der Waals surface area contributed by atoms with Gasteiger partial charge in [-0.1, -0.05) is 0 Å². The van der Waals surface area contributed by atoms with E-state index in [1.807, 2.05) is 0 Å². The third-order valence-electron chi connectivity index (χ3n) is 1.58. The average molecular weight is 114 g/mol. The van der Waals surface area contributed by atoms with Gasteiger partial charge in [-0.3, -0.25) is 4.79 Å². The van der Waals surface area contributed by atoms with Crippen LogP contribution >= 0.6 is 0 Å². The maximum absolute atomic E-state index is 10.3. The molecule has 1 fully saturated rings. The van der Waals surface area contributed by atoms with Crippen LogP contribution in [0.1, 0.15) is 12.8 Å². The predicted molar refractivity (Wildman–Crippen MR) is 29.9 cm³/mol. The molecule has 1 aliphatic carbocycles. The van der Waals surface area contributed by atoms with Crippen LogP contribution < -0.4 is 11.5 Å². The lowest BCUT2D eigenvalue weighted by molar-refractivity contribution is -0.124. The van der Waals surface area contributed by atoms with Crippen molar-refractivity contribution in [1.82, 2.24) is 0 Å². The van der Waals surface area contributed by atoms with E-state index in [0.717, 1.165) is 12.8 Å². The van der Waals surface area contributed by atoms with Crippen LogP contribution in [0.3, 0.4) is 0 Å². The molecule has 1 aliphatic rings. The maximum Gasteiger partial charge on any atom is 0.220 e. The summed E-state index contributed by atoms with van der Waals surface area (Å²) in [6.07, 6.45) is 1.57. The topological polar surface area (TPSA) is 69.1 Å². The number of rotatable bonds is 1. The molecule has 1 rings (SSSR count). The first-order valence-corrected chi connectivity index (χ1v) is 2.75. The number of primary amides is 1. The minimum absolute atomic E-state index is 0.0741. The smallest absolute Gasteiger partial charge is 0.220 e. The first-order chi connectivity index (χ1) is 3.70. The molecule has 0 heterocycles. The summed E-state index contributed by atoms with van der Waals surface area (Å²) in [6, 6.07) is 0.229. The Bertz CT molecular complexity index is 107. The molecule has 0 radical (unpaired) electrons. The highest BCUT2D eigenvalue weighted by Gasteiger charge is 2.29. The fourth-order valence-corrected chi connectivity index (χ4v) is 0.894. The highest BCUT2D eigenvalue weighted by molar-refractivity contribution is 5.77. The van der Waals surface area contributed by atoms with Crippen molar-refractivity contribution >= 4 is 5.91 Å². The molecule has 0 unspecified atom stereocenters. The Hall–Kier alpha value is -0.570. The Labute approximate surface area is 48.0 Å². The second-order valence-electron chi connectivity index (χ2n) is 2.33. The van der Waals surface area contributed by atoms with E-state index in [-0.39, 0.29) is 17.9 Å². The van der Waals surface area contributed by atoms with Crippen LogP contribution in [0.25, 0.3) is 0 Å². The molecule has 3 nitrogen and oxygen atoms in total. The summed E-state index contributed by atoms with van der Waals surface area (Å²) in [7, 11) is 0. The molecule has 0 aromatic rings. The molecular formula is C5H10N2O. The van der Waals surface area contributed by atoms with Gasteiger partial charge in [0.15, 0.2) is 0 Å². The highest BCUT2D eigenvalue weighted by Crippen LogP contribution is 2.24. The van der Waals surface area contributed by atoms with Gasteiger partial charge in [-0.15, -0.1) is 0 Å². The van der Waals surface area contributed by atoms with Gasteiger partial charge in [0.05, 0.1) is 0 Å². The largest absolute Gasteiger partial charge is 0.369 e. The number of amides is 1. The number of carbonyl (C=O) groups excluding carboxylic acids is 1. The molecule has 0 aliphatic heterocycles. The lowest BCUT2D eigenvalue weighted by atomic mass is 9.80. The van der Waals surface area contributed by atoms with Crippen molar-refractivity contribution in [2.45, 2.75) is 18.9 Å². The normalized spacial score (nSPS) is 36.1. The van der Waals surface area contributed by atoms with Crippen LogP contribution in [0.15, 0.2) is 0 Å². The van der Waals surface area contributed by atoms with Gasteiger partial charge in [0, 0.05) is 12.0 Å². The van der Waals surface area contributed by atoms with E-state index in [0.29, 0.717) is 0 Å². The summed E-state index contributed by atoms with van der Waals surface area (Å²) in [5, 5.41) is 0. The molecule has 1 saturated carbocycles. The molecule has 0 spiro atoms. The fourth-order valence-electron chi connectivity index (χ4n) is 0.894.